The largest absolute Gasteiger partial charge is 0.496 e. The van der Waals surface area contributed by atoms with E-state index in [1.165, 1.54) is 16.9 Å². The monoisotopic (exact) mass is 286 g/mol. The highest BCUT2D eigenvalue weighted by Gasteiger charge is 2.19. The van der Waals surface area contributed by atoms with Crippen LogP contribution in [-0.4, -0.2) is 12.9 Å². The van der Waals surface area contributed by atoms with Crippen LogP contribution in [0.25, 0.3) is 0 Å². The zero-order chi connectivity index (χ0) is 14.1. The Hall–Kier alpha value is -1.61. The highest BCUT2D eigenvalue weighted by atomic mass is 32.1. The zero-order valence-corrected chi connectivity index (χ0v) is 12.7. The SMILES string of the molecule is COc1ccc(C)cc1CC(=O)c1cc2c(s1)CCC2. The topological polar surface area (TPSA) is 26.3 Å². The molecule has 1 aromatic heterocycles. The predicted octanol–water partition coefficient (Wildman–Crippen LogP) is 3.98. The molecule has 0 N–H and O–H groups in total. The maximum absolute atomic E-state index is 12.5. The quantitative estimate of drug-likeness (QED) is 0.795. The number of fused-ring (bicyclic) bond motifs is 1. The van der Waals surface area contributed by atoms with Crippen LogP contribution in [0.2, 0.25) is 0 Å². The second kappa shape index (κ2) is 5.41. The van der Waals surface area contributed by atoms with Gasteiger partial charge in [0.15, 0.2) is 5.78 Å². The van der Waals surface area contributed by atoms with Crippen molar-refractivity contribution >= 4 is 17.1 Å². The van der Waals surface area contributed by atoms with E-state index >= 15 is 0 Å². The van der Waals surface area contributed by atoms with Crippen LogP contribution in [0.3, 0.4) is 0 Å². The summed E-state index contributed by atoms with van der Waals surface area (Å²) >= 11 is 1.68. The fourth-order valence-corrected chi connectivity index (χ4v) is 3.96. The van der Waals surface area contributed by atoms with Crippen molar-refractivity contribution in [1.29, 1.82) is 0 Å². The number of hydrogen-bond acceptors (Lipinski definition) is 3. The van der Waals surface area contributed by atoms with Crippen LogP contribution in [0.5, 0.6) is 5.75 Å². The van der Waals surface area contributed by atoms with Crippen molar-refractivity contribution in [3.63, 3.8) is 0 Å². The normalized spacial score (nSPS) is 13.3. The Kier molecular flexibility index (Phi) is 3.62. The summed E-state index contributed by atoms with van der Waals surface area (Å²) in [7, 11) is 1.65. The second-order valence-electron chi connectivity index (χ2n) is 5.33. The van der Waals surface area contributed by atoms with E-state index in [-0.39, 0.29) is 5.78 Å². The van der Waals surface area contributed by atoms with Crippen LogP contribution in [0.4, 0.5) is 0 Å². The molecule has 1 heterocycles. The number of benzene rings is 1. The molecule has 0 saturated carbocycles. The number of ether oxygens (including phenoxy) is 1. The van der Waals surface area contributed by atoms with Gasteiger partial charge in [0, 0.05) is 16.9 Å². The van der Waals surface area contributed by atoms with E-state index < -0.39 is 0 Å². The minimum atomic E-state index is 0.202. The van der Waals surface area contributed by atoms with E-state index in [9.17, 15) is 4.79 Å². The Balaban J connectivity index is 1.83. The van der Waals surface area contributed by atoms with Crippen molar-refractivity contribution < 1.29 is 9.53 Å². The van der Waals surface area contributed by atoms with Crippen LogP contribution in [0.15, 0.2) is 24.3 Å². The number of rotatable bonds is 4. The van der Waals surface area contributed by atoms with Crippen molar-refractivity contribution in [1.82, 2.24) is 0 Å². The molecule has 104 valence electrons. The molecule has 0 radical (unpaired) electrons. The maximum Gasteiger partial charge on any atom is 0.177 e. The van der Waals surface area contributed by atoms with Gasteiger partial charge >= 0.3 is 0 Å². The highest BCUT2D eigenvalue weighted by molar-refractivity contribution is 7.14. The number of Topliss-reactive ketones (excluding diaryl/α,β-unsaturated/α-hetero) is 1. The summed E-state index contributed by atoms with van der Waals surface area (Å²) in [6.07, 6.45) is 3.93. The summed E-state index contributed by atoms with van der Waals surface area (Å²) in [5.74, 6) is 1.00. The molecule has 0 aliphatic heterocycles. The van der Waals surface area contributed by atoms with Gasteiger partial charge in [-0.15, -0.1) is 11.3 Å². The number of methoxy groups -OCH3 is 1. The molecule has 0 unspecified atom stereocenters. The summed E-state index contributed by atoms with van der Waals surface area (Å²) in [6.45, 7) is 2.03. The van der Waals surface area contributed by atoms with E-state index in [2.05, 4.69) is 6.07 Å². The van der Waals surface area contributed by atoms with E-state index in [1.807, 2.05) is 25.1 Å². The number of aryl methyl sites for hydroxylation is 3. The van der Waals surface area contributed by atoms with Gasteiger partial charge < -0.3 is 4.74 Å². The lowest BCUT2D eigenvalue weighted by molar-refractivity contribution is 0.0996. The second-order valence-corrected chi connectivity index (χ2v) is 6.46. The lowest BCUT2D eigenvalue weighted by Crippen LogP contribution is -2.03. The van der Waals surface area contributed by atoms with Crippen molar-refractivity contribution in [3.05, 3.63) is 50.7 Å². The fraction of sp³-hybridized carbons (Fsp3) is 0.353. The van der Waals surface area contributed by atoms with Crippen LogP contribution in [-0.2, 0) is 19.3 Å². The first kappa shape index (κ1) is 13.4. The van der Waals surface area contributed by atoms with Gasteiger partial charge in [0.1, 0.15) is 5.75 Å². The molecule has 1 aromatic carbocycles. The van der Waals surface area contributed by atoms with Crippen molar-refractivity contribution in [2.45, 2.75) is 32.6 Å². The lowest BCUT2D eigenvalue weighted by Gasteiger charge is -2.08. The predicted molar refractivity (Wildman–Crippen MR) is 82.1 cm³/mol. The van der Waals surface area contributed by atoms with E-state index in [1.54, 1.807) is 18.4 Å². The molecule has 1 aliphatic rings. The Morgan fingerprint density at radius 1 is 1.30 bits per heavy atom. The first-order valence-corrected chi connectivity index (χ1v) is 7.77. The first-order valence-electron chi connectivity index (χ1n) is 6.95. The number of ketones is 1. The average Bonchev–Trinajstić information content (AvgIpc) is 2.99. The molecule has 0 amide bonds. The van der Waals surface area contributed by atoms with Gasteiger partial charge in [-0.1, -0.05) is 17.7 Å². The number of thiophene rings is 1. The summed E-state index contributed by atoms with van der Waals surface area (Å²) in [5, 5.41) is 0. The molecule has 1 aliphatic carbocycles. The maximum atomic E-state index is 12.5. The Morgan fingerprint density at radius 2 is 2.15 bits per heavy atom. The molecule has 2 aromatic rings. The lowest BCUT2D eigenvalue weighted by atomic mass is 10.0. The minimum absolute atomic E-state index is 0.202. The molecule has 0 fully saturated rings. The Bertz CT molecular complexity index is 634. The third-order valence-electron chi connectivity index (χ3n) is 3.81. The number of carbonyl (C=O) groups excluding carboxylic acids is 1. The summed E-state index contributed by atoms with van der Waals surface area (Å²) in [4.78, 5) is 14.8. The summed E-state index contributed by atoms with van der Waals surface area (Å²) in [5.41, 5.74) is 3.52. The van der Waals surface area contributed by atoms with Gasteiger partial charge in [0.25, 0.3) is 0 Å². The van der Waals surface area contributed by atoms with Gasteiger partial charge in [-0.25, -0.2) is 0 Å². The molecule has 0 bridgehead atoms. The zero-order valence-electron chi connectivity index (χ0n) is 11.9. The van der Waals surface area contributed by atoms with Crippen LogP contribution < -0.4 is 4.74 Å². The summed E-state index contributed by atoms with van der Waals surface area (Å²) < 4.78 is 5.35. The fourth-order valence-electron chi connectivity index (χ4n) is 2.77. The molecule has 0 atom stereocenters. The number of hydrogen-bond donors (Lipinski definition) is 0. The molecule has 20 heavy (non-hydrogen) atoms. The van der Waals surface area contributed by atoms with Crippen LogP contribution in [0, 0.1) is 6.92 Å². The third-order valence-corrected chi connectivity index (χ3v) is 5.09. The van der Waals surface area contributed by atoms with Crippen LogP contribution in [0.1, 0.15) is 37.7 Å². The van der Waals surface area contributed by atoms with Gasteiger partial charge in [0.05, 0.1) is 12.0 Å². The minimum Gasteiger partial charge on any atom is -0.496 e. The molecule has 3 heteroatoms. The van der Waals surface area contributed by atoms with E-state index in [0.717, 1.165) is 34.6 Å². The van der Waals surface area contributed by atoms with Gasteiger partial charge in [0.2, 0.25) is 0 Å². The molecular weight excluding hydrogens is 268 g/mol. The van der Waals surface area contributed by atoms with Crippen LogP contribution >= 0.6 is 11.3 Å². The Labute approximate surface area is 123 Å². The van der Waals surface area contributed by atoms with Gasteiger partial charge in [-0.2, -0.15) is 0 Å². The standard InChI is InChI=1S/C17H18O2S/c1-11-6-7-15(19-2)13(8-11)9-14(18)17-10-12-4-3-5-16(12)20-17/h6-8,10H,3-5,9H2,1-2H3. The molecule has 2 nitrogen and oxygen atoms in total. The van der Waals surface area contributed by atoms with Crippen molar-refractivity contribution in [3.8, 4) is 5.75 Å². The number of carbonyl (C=O) groups is 1. The highest BCUT2D eigenvalue weighted by Crippen LogP contribution is 2.32. The van der Waals surface area contributed by atoms with Gasteiger partial charge in [-0.05, 0) is 43.9 Å². The van der Waals surface area contributed by atoms with Crippen molar-refractivity contribution in [2.24, 2.45) is 0 Å². The smallest absolute Gasteiger partial charge is 0.177 e. The molecule has 0 saturated heterocycles. The average molecular weight is 286 g/mol. The molecular formula is C17H18O2S. The first-order chi connectivity index (χ1) is 9.67. The Morgan fingerprint density at radius 3 is 2.90 bits per heavy atom. The van der Waals surface area contributed by atoms with E-state index in [4.69, 9.17) is 4.74 Å². The summed E-state index contributed by atoms with van der Waals surface area (Å²) in [6, 6.07) is 8.08. The van der Waals surface area contributed by atoms with E-state index in [0.29, 0.717) is 6.42 Å². The van der Waals surface area contributed by atoms with Gasteiger partial charge in [-0.3, -0.25) is 4.79 Å². The van der Waals surface area contributed by atoms with Crippen molar-refractivity contribution in [2.75, 3.05) is 7.11 Å². The molecule has 3 rings (SSSR count). The molecule has 0 spiro atoms. The third kappa shape index (κ3) is 2.50.